The Bertz CT molecular complexity index is 734. The van der Waals surface area contributed by atoms with Crippen LogP contribution in [0.25, 0.3) is 0 Å². The molecule has 24 heavy (non-hydrogen) atoms. The van der Waals surface area contributed by atoms with E-state index in [1.165, 1.54) is 49.2 Å². The number of hydrogen-bond donors (Lipinski definition) is 0. The van der Waals surface area contributed by atoms with Crippen molar-refractivity contribution in [3.05, 3.63) is 47.8 Å². The van der Waals surface area contributed by atoms with Crippen molar-refractivity contribution in [3.8, 4) is 0 Å². The first kappa shape index (κ1) is 15.5. The number of aromatic nitrogens is 1. The van der Waals surface area contributed by atoms with Gasteiger partial charge < -0.3 is 9.80 Å². The van der Waals surface area contributed by atoms with Crippen molar-refractivity contribution in [1.29, 1.82) is 0 Å². The summed E-state index contributed by atoms with van der Waals surface area (Å²) in [5.41, 5.74) is 6.14. The predicted octanol–water partition coefficient (Wildman–Crippen LogP) is 5.34. The van der Waals surface area contributed by atoms with E-state index in [9.17, 15) is 0 Å². The van der Waals surface area contributed by atoms with E-state index in [0.29, 0.717) is 12.2 Å². The number of rotatable bonds is 2. The van der Waals surface area contributed by atoms with Crippen molar-refractivity contribution in [1.82, 2.24) is 4.98 Å². The van der Waals surface area contributed by atoms with Gasteiger partial charge in [0.1, 0.15) is 6.17 Å². The highest BCUT2D eigenvalue weighted by atomic mass is 15.4. The van der Waals surface area contributed by atoms with E-state index in [-0.39, 0.29) is 0 Å². The number of nitrogens with zero attached hydrogens (tertiary/aromatic N) is 3. The smallest absolute Gasteiger partial charge is 0.104 e. The Kier molecular flexibility index (Phi) is 3.95. The van der Waals surface area contributed by atoms with Crippen molar-refractivity contribution in [3.63, 3.8) is 0 Å². The molecule has 0 bridgehead atoms. The second-order valence-electron chi connectivity index (χ2n) is 7.25. The summed E-state index contributed by atoms with van der Waals surface area (Å²) in [6, 6.07) is 13.9. The fourth-order valence-electron chi connectivity index (χ4n) is 4.54. The second-order valence-corrected chi connectivity index (χ2v) is 7.25. The maximum atomic E-state index is 4.70. The molecule has 1 aliphatic heterocycles. The molecule has 1 aliphatic carbocycles. The quantitative estimate of drug-likeness (QED) is 0.744. The molecule has 3 nitrogen and oxygen atoms in total. The zero-order valence-corrected chi connectivity index (χ0v) is 15.0. The molecule has 0 N–H and O–H groups in total. The molecule has 1 saturated carbocycles. The molecule has 0 radical (unpaired) electrons. The number of fused-ring (bicyclic) bond motifs is 1. The third-order valence-electron chi connectivity index (χ3n) is 5.62. The minimum Gasteiger partial charge on any atom is -0.346 e. The highest BCUT2D eigenvalue weighted by Crippen LogP contribution is 2.47. The lowest BCUT2D eigenvalue weighted by atomic mass is 9.94. The average Bonchev–Trinajstić information content (AvgIpc) is 2.88. The first-order valence-electron chi connectivity index (χ1n) is 9.27. The highest BCUT2D eigenvalue weighted by Gasteiger charge is 2.38. The van der Waals surface area contributed by atoms with Crippen molar-refractivity contribution in [2.45, 2.75) is 65.1 Å². The van der Waals surface area contributed by atoms with Crippen molar-refractivity contribution in [2.75, 3.05) is 9.80 Å². The Balaban J connectivity index is 1.78. The molecule has 0 amide bonds. The molecule has 1 aromatic carbocycles. The van der Waals surface area contributed by atoms with Gasteiger partial charge >= 0.3 is 0 Å². The minimum absolute atomic E-state index is 0.341. The molecular weight excluding hydrogens is 294 g/mol. The molecule has 126 valence electrons. The largest absolute Gasteiger partial charge is 0.346 e. The summed E-state index contributed by atoms with van der Waals surface area (Å²) in [5, 5.41) is 0. The van der Waals surface area contributed by atoms with Gasteiger partial charge in [-0.25, -0.2) is 0 Å². The highest BCUT2D eigenvalue weighted by molar-refractivity contribution is 5.84. The zero-order valence-electron chi connectivity index (χ0n) is 15.0. The maximum Gasteiger partial charge on any atom is 0.104 e. The summed E-state index contributed by atoms with van der Waals surface area (Å²) >= 11 is 0. The predicted molar refractivity (Wildman–Crippen MR) is 101 cm³/mol. The first-order valence-corrected chi connectivity index (χ1v) is 9.27. The monoisotopic (exact) mass is 321 g/mol. The van der Waals surface area contributed by atoms with Gasteiger partial charge in [0.15, 0.2) is 0 Å². The van der Waals surface area contributed by atoms with Crippen LogP contribution < -0.4 is 9.80 Å². The summed E-state index contributed by atoms with van der Waals surface area (Å²) in [5.74, 6) is 0. The first-order chi connectivity index (χ1) is 11.7. The normalized spacial score (nSPS) is 21.2. The summed E-state index contributed by atoms with van der Waals surface area (Å²) < 4.78 is 0. The molecule has 0 unspecified atom stereocenters. The van der Waals surface area contributed by atoms with Crippen LogP contribution in [-0.4, -0.2) is 17.2 Å². The summed E-state index contributed by atoms with van der Waals surface area (Å²) in [6.07, 6.45) is 7.09. The summed E-state index contributed by atoms with van der Waals surface area (Å²) in [6.45, 7) is 6.53. The van der Waals surface area contributed by atoms with Crippen LogP contribution in [0.1, 0.15) is 50.4 Å². The fraction of sp³-hybridized carbons (Fsp3) is 0.476. The lowest BCUT2D eigenvalue weighted by Gasteiger charge is -2.38. The topological polar surface area (TPSA) is 19.4 Å². The third-order valence-corrected chi connectivity index (χ3v) is 5.62. The van der Waals surface area contributed by atoms with Gasteiger partial charge in [0.05, 0.1) is 22.8 Å². The number of aryl methyl sites for hydroxylation is 2. The van der Waals surface area contributed by atoms with Crippen molar-refractivity contribution < 1.29 is 0 Å². The van der Waals surface area contributed by atoms with E-state index < -0.39 is 0 Å². The molecular formula is C21H27N3. The van der Waals surface area contributed by atoms with Crippen LogP contribution in [0.3, 0.4) is 0 Å². The number of pyridine rings is 1. The molecule has 2 heterocycles. The summed E-state index contributed by atoms with van der Waals surface area (Å²) in [4.78, 5) is 9.84. The SMILES string of the molecule is Cc1ccc(N2c3ccccc3N(C3CCCCC3)[C@H]2C)c(C)n1. The van der Waals surface area contributed by atoms with Crippen molar-refractivity contribution >= 4 is 17.1 Å². The molecule has 0 saturated heterocycles. The molecule has 1 fully saturated rings. The van der Waals surface area contributed by atoms with E-state index in [2.05, 4.69) is 67.0 Å². The Morgan fingerprint density at radius 3 is 2.29 bits per heavy atom. The minimum atomic E-state index is 0.341. The van der Waals surface area contributed by atoms with Gasteiger partial charge in [-0.15, -0.1) is 0 Å². The van der Waals surface area contributed by atoms with Gasteiger partial charge in [-0.3, -0.25) is 4.98 Å². The second kappa shape index (κ2) is 6.12. The number of hydrogen-bond acceptors (Lipinski definition) is 3. The zero-order chi connectivity index (χ0) is 16.7. The lowest BCUT2D eigenvalue weighted by Crippen LogP contribution is -2.45. The van der Waals surface area contributed by atoms with Crippen LogP contribution in [0.4, 0.5) is 17.1 Å². The summed E-state index contributed by atoms with van der Waals surface area (Å²) in [7, 11) is 0. The van der Waals surface area contributed by atoms with E-state index in [1.807, 2.05) is 0 Å². The lowest BCUT2D eigenvalue weighted by molar-refractivity contribution is 0.400. The van der Waals surface area contributed by atoms with Gasteiger partial charge in [0, 0.05) is 11.7 Å². The molecule has 0 spiro atoms. The van der Waals surface area contributed by atoms with Crippen LogP contribution in [0, 0.1) is 13.8 Å². The van der Waals surface area contributed by atoms with Crippen LogP contribution >= 0.6 is 0 Å². The van der Waals surface area contributed by atoms with Crippen molar-refractivity contribution in [2.24, 2.45) is 0 Å². The molecule has 2 aromatic rings. The molecule has 1 aromatic heterocycles. The van der Waals surface area contributed by atoms with Crippen LogP contribution in [0.2, 0.25) is 0 Å². The van der Waals surface area contributed by atoms with E-state index in [4.69, 9.17) is 4.98 Å². The van der Waals surface area contributed by atoms with Gasteiger partial charge in [0.2, 0.25) is 0 Å². The average molecular weight is 321 g/mol. The third kappa shape index (κ3) is 2.47. The molecule has 4 rings (SSSR count). The van der Waals surface area contributed by atoms with Crippen LogP contribution in [-0.2, 0) is 0 Å². The van der Waals surface area contributed by atoms with Gasteiger partial charge in [-0.05, 0) is 57.9 Å². The Labute approximate surface area is 145 Å². The van der Waals surface area contributed by atoms with Gasteiger partial charge in [-0.2, -0.15) is 0 Å². The number of anilines is 3. The van der Waals surface area contributed by atoms with Crippen LogP contribution in [0.5, 0.6) is 0 Å². The number of benzene rings is 1. The Hall–Kier alpha value is -2.03. The number of para-hydroxylation sites is 2. The van der Waals surface area contributed by atoms with Gasteiger partial charge in [0.25, 0.3) is 0 Å². The van der Waals surface area contributed by atoms with Crippen LogP contribution in [0.15, 0.2) is 36.4 Å². The van der Waals surface area contributed by atoms with E-state index >= 15 is 0 Å². The van der Waals surface area contributed by atoms with E-state index in [0.717, 1.165) is 11.4 Å². The van der Waals surface area contributed by atoms with Gasteiger partial charge in [-0.1, -0.05) is 31.4 Å². The molecule has 1 atom stereocenters. The Morgan fingerprint density at radius 2 is 1.58 bits per heavy atom. The van der Waals surface area contributed by atoms with E-state index in [1.54, 1.807) is 0 Å². The molecule has 2 aliphatic rings. The molecule has 3 heteroatoms. The Morgan fingerprint density at radius 1 is 0.875 bits per heavy atom. The standard InChI is InChI=1S/C21H27N3/c1-15-13-14-19(16(2)22-15)24-17(3)23(18-9-5-4-6-10-18)20-11-7-8-12-21(20)24/h7-8,11-14,17-18H,4-6,9-10H2,1-3H3/t17-/m1/s1. The fourth-order valence-corrected chi connectivity index (χ4v) is 4.54. The maximum absolute atomic E-state index is 4.70.